The summed E-state index contributed by atoms with van der Waals surface area (Å²) in [7, 11) is -3.40. The highest BCUT2D eigenvalue weighted by Crippen LogP contribution is 2.16. The van der Waals surface area contributed by atoms with Crippen LogP contribution in [0, 0.1) is 26.2 Å². The highest BCUT2D eigenvalue weighted by molar-refractivity contribution is 7.89. The Kier molecular flexibility index (Phi) is 5.39. The van der Waals surface area contributed by atoms with Gasteiger partial charge in [0.1, 0.15) is 0 Å². The minimum absolute atomic E-state index is 0.361. The quantitative estimate of drug-likeness (QED) is 0.634. The van der Waals surface area contributed by atoms with Gasteiger partial charge in [0.15, 0.2) is 0 Å². The Morgan fingerprint density at radius 3 is 2.67 bits per heavy atom. The molecule has 1 N–H and O–H groups in total. The molecule has 98 valence electrons. The zero-order valence-electron chi connectivity index (χ0n) is 10.9. The van der Waals surface area contributed by atoms with E-state index >= 15 is 0 Å². The van der Waals surface area contributed by atoms with Crippen LogP contribution in [0.4, 0.5) is 0 Å². The van der Waals surface area contributed by atoms with Crippen molar-refractivity contribution in [3.63, 3.8) is 0 Å². The summed E-state index contributed by atoms with van der Waals surface area (Å²) in [6, 6.07) is 5.42. The fourth-order valence-electron chi connectivity index (χ4n) is 1.63. The lowest BCUT2D eigenvalue weighted by Gasteiger charge is -2.09. The lowest BCUT2D eigenvalue weighted by atomic mass is 10.2. The Morgan fingerprint density at radius 1 is 1.28 bits per heavy atom. The van der Waals surface area contributed by atoms with Gasteiger partial charge in [-0.05, 0) is 43.9 Å². The van der Waals surface area contributed by atoms with Gasteiger partial charge in [0, 0.05) is 13.0 Å². The van der Waals surface area contributed by atoms with Crippen molar-refractivity contribution in [2.24, 2.45) is 0 Å². The number of aryl methyl sites for hydroxylation is 2. The zero-order chi connectivity index (χ0) is 13.6. The van der Waals surface area contributed by atoms with E-state index in [0.29, 0.717) is 17.9 Å². The summed E-state index contributed by atoms with van der Waals surface area (Å²) < 4.78 is 26.8. The second-order valence-electron chi connectivity index (χ2n) is 4.33. The third-order valence-electron chi connectivity index (χ3n) is 2.67. The molecule has 18 heavy (non-hydrogen) atoms. The minimum atomic E-state index is -3.40. The number of nitrogens with one attached hydrogen (secondary N) is 1. The highest BCUT2D eigenvalue weighted by Gasteiger charge is 2.15. The molecule has 1 rings (SSSR count). The number of rotatable bonds is 6. The fourth-order valence-corrected chi connectivity index (χ4v) is 3.03. The van der Waals surface area contributed by atoms with E-state index < -0.39 is 10.0 Å². The number of unbranched alkanes of at least 4 members (excludes halogenated alkanes) is 2. The molecule has 1 aromatic rings. The van der Waals surface area contributed by atoms with Gasteiger partial charge in [-0.1, -0.05) is 12.1 Å². The van der Waals surface area contributed by atoms with Gasteiger partial charge in [-0.25, -0.2) is 13.1 Å². The lowest BCUT2D eigenvalue weighted by Crippen LogP contribution is -2.25. The highest BCUT2D eigenvalue weighted by atomic mass is 32.2. The van der Waals surface area contributed by atoms with E-state index in [1.54, 1.807) is 13.0 Å². The first-order valence-electron chi connectivity index (χ1n) is 5.98. The second kappa shape index (κ2) is 6.58. The van der Waals surface area contributed by atoms with Crippen LogP contribution in [0.2, 0.25) is 0 Å². The molecule has 0 spiro atoms. The van der Waals surface area contributed by atoms with Crippen molar-refractivity contribution in [2.45, 2.75) is 38.0 Å². The van der Waals surface area contributed by atoms with Gasteiger partial charge in [-0.15, -0.1) is 12.3 Å². The van der Waals surface area contributed by atoms with Crippen LogP contribution in [0.5, 0.6) is 0 Å². The van der Waals surface area contributed by atoms with E-state index in [4.69, 9.17) is 6.42 Å². The largest absolute Gasteiger partial charge is 0.240 e. The summed E-state index contributed by atoms with van der Waals surface area (Å²) in [5, 5.41) is 0. The van der Waals surface area contributed by atoms with E-state index in [0.717, 1.165) is 24.0 Å². The maximum Gasteiger partial charge on any atom is 0.240 e. The molecule has 1 aromatic carbocycles. The Hall–Kier alpha value is -1.31. The molecule has 0 unspecified atom stereocenters. The minimum Gasteiger partial charge on any atom is -0.211 e. The van der Waals surface area contributed by atoms with Crippen LogP contribution in [0.1, 0.15) is 30.4 Å². The van der Waals surface area contributed by atoms with Crippen molar-refractivity contribution in [1.29, 1.82) is 0 Å². The summed E-state index contributed by atoms with van der Waals surface area (Å²) in [6.45, 7) is 4.11. The van der Waals surface area contributed by atoms with E-state index in [1.165, 1.54) is 0 Å². The predicted octanol–water partition coefficient (Wildman–Crippen LogP) is 2.39. The molecule has 0 aromatic heterocycles. The van der Waals surface area contributed by atoms with Gasteiger partial charge < -0.3 is 0 Å². The topological polar surface area (TPSA) is 46.2 Å². The van der Waals surface area contributed by atoms with Crippen molar-refractivity contribution in [3.8, 4) is 12.3 Å². The van der Waals surface area contributed by atoms with Gasteiger partial charge >= 0.3 is 0 Å². The molecule has 0 aliphatic rings. The third kappa shape index (κ3) is 4.17. The zero-order valence-corrected chi connectivity index (χ0v) is 11.7. The molecule has 0 atom stereocenters. The fraction of sp³-hybridized carbons (Fsp3) is 0.429. The van der Waals surface area contributed by atoms with Crippen LogP contribution >= 0.6 is 0 Å². The van der Waals surface area contributed by atoms with Crippen molar-refractivity contribution < 1.29 is 8.42 Å². The third-order valence-corrected chi connectivity index (χ3v) is 4.28. The maximum absolute atomic E-state index is 12.1. The summed E-state index contributed by atoms with van der Waals surface area (Å²) in [4.78, 5) is 0.361. The number of terminal acetylenes is 1. The summed E-state index contributed by atoms with van der Waals surface area (Å²) in [5.74, 6) is 2.54. The van der Waals surface area contributed by atoms with Crippen molar-refractivity contribution >= 4 is 10.0 Å². The first kappa shape index (κ1) is 14.7. The number of benzene rings is 1. The molecule has 3 nitrogen and oxygen atoms in total. The molecular formula is C14H19NO2S. The Balaban J connectivity index is 2.69. The van der Waals surface area contributed by atoms with E-state index in [2.05, 4.69) is 10.6 Å². The van der Waals surface area contributed by atoms with Gasteiger partial charge in [0.05, 0.1) is 4.90 Å². The van der Waals surface area contributed by atoms with Crippen LogP contribution in [0.3, 0.4) is 0 Å². The average molecular weight is 265 g/mol. The summed E-state index contributed by atoms with van der Waals surface area (Å²) in [5.41, 5.74) is 1.70. The van der Waals surface area contributed by atoms with Crippen molar-refractivity contribution in [2.75, 3.05) is 6.54 Å². The predicted molar refractivity (Wildman–Crippen MR) is 73.8 cm³/mol. The smallest absolute Gasteiger partial charge is 0.211 e. The van der Waals surface area contributed by atoms with Crippen molar-refractivity contribution in [3.05, 3.63) is 29.3 Å². The molecule has 0 radical (unpaired) electrons. The molecule has 0 aliphatic heterocycles. The van der Waals surface area contributed by atoms with E-state index in [9.17, 15) is 8.42 Å². The van der Waals surface area contributed by atoms with Gasteiger partial charge in [-0.3, -0.25) is 0 Å². The lowest BCUT2D eigenvalue weighted by molar-refractivity contribution is 0.576. The average Bonchev–Trinajstić information content (AvgIpc) is 2.32. The molecular weight excluding hydrogens is 246 g/mol. The summed E-state index contributed by atoms with van der Waals surface area (Å²) >= 11 is 0. The van der Waals surface area contributed by atoms with Gasteiger partial charge in [0.2, 0.25) is 10.0 Å². The Labute approximate surface area is 110 Å². The van der Waals surface area contributed by atoms with Crippen LogP contribution in [-0.4, -0.2) is 15.0 Å². The first-order valence-corrected chi connectivity index (χ1v) is 7.46. The molecule has 0 saturated carbocycles. The molecule has 4 heteroatoms. The molecule has 0 amide bonds. The maximum atomic E-state index is 12.1. The number of sulfonamides is 1. The number of hydrogen-bond donors (Lipinski definition) is 1. The molecule has 0 aliphatic carbocycles. The second-order valence-corrected chi connectivity index (χ2v) is 6.06. The monoisotopic (exact) mass is 265 g/mol. The number of hydrogen-bond acceptors (Lipinski definition) is 2. The van der Waals surface area contributed by atoms with E-state index in [-0.39, 0.29) is 0 Å². The van der Waals surface area contributed by atoms with Crippen LogP contribution < -0.4 is 4.72 Å². The van der Waals surface area contributed by atoms with Gasteiger partial charge in [0.25, 0.3) is 0 Å². The summed E-state index contributed by atoms with van der Waals surface area (Å²) in [6.07, 6.45) is 7.42. The normalized spacial score (nSPS) is 11.2. The first-order chi connectivity index (χ1) is 8.47. The SMILES string of the molecule is C#CCCCCNS(=O)(=O)c1cc(C)ccc1C. The Morgan fingerprint density at radius 2 is 2.00 bits per heavy atom. The van der Waals surface area contributed by atoms with Crippen molar-refractivity contribution in [1.82, 2.24) is 4.72 Å². The standard InChI is InChI=1S/C14H19NO2S/c1-4-5-6-7-10-15-18(16,17)14-11-12(2)8-9-13(14)3/h1,8-9,11,15H,5-7,10H2,2-3H3. The van der Waals surface area contributed by atoms with E-state index in [1.807, 2.05) is 19.1 Å². The van der Waals surface area contributed by atoms with Gasteiger partial charge in [-0.2, -0.15) is 0 Å². The molecule has 0 heterocycles. The Bertz CT molecular complexity index is 541. The molecule has 0 saturated heterocycles. The molecule has 0 bridgehead atoms. The molecule has 0 fully saturated rings. The van der Waals surface area contributed by atoms with Crippen LogP contribution in [0.25, 0.3) is 0 Å². The van der Waals surface area contributed by atoms with Crippen LogP contribution in [0.15, 0.2) is 23.1 Å². The van der Waals surface area contributed by atoms with Crippen LogP contribution in [-0.2, 0) is 10.0 Å².